The van der Waals surface area contributed by atoms with Crippen molar-refractivity contribution in [2.24, 2.45) is 0 Å². The first-order chi connectivity index (χ1) is 15.8. The van der Waals surface area contributed by atoms with Gasteiger partial charge in [0.1, 0.15) is 0 Å². The molecule has 3 aromatic rings. The zero-order chi connectivity index (χ0) is 23.8. The first-order valence-electron chi connectivity index (χ1n) is 11.6. The fourth-order valence-electron chi connectivity index (χ4n) is 4.04. The Morgan fingerprint density at radius 3 is 1.82 bits per heavy atom. The molecule has 0 aliphatic carbocycles. The highest BCUT2D eigenvalue weighted by molar-refractivity contribution is 5.77. The second-order valence-corrected chi connectivity index (χ2v) is 8.52. The zero-order valence-corrected chi connectivity index (χ0v) is 20.0. The molecule has 0 bridgehead atoms. The topological polar surface area (TPSA) is 76.0 Å². The maximum Gasteiger partial charge on any atom is 0.222 e. The lowest BCUT2D eigenvalue weighted by Gasteiger charge is -2.15. The minimum Gasteiger partial charge on any atom is -0.350 e. The van der Waals surface area contributed by atoms with Crippen molar-refractivity contribution in [1.82, 2.24) is 20.4 Å². The average Bonchev–Trinajstić information content (AvgIpc) is 3.09. The monoisotopic (exact) mass is 446 g/mol. The van der Waals surface area contributed by atoms with E-state index in [2.05, 4.69) is 15.7 Å². The van der Waals surface area contributed by atoms with Crippen molar-refractivity contribution in [2.45, 2.75) is 65.6 Å². The van der Waals surface area contributed by atoms with Crippen LogP contribution in [0.15, 0.2) is 60.7 Å². The Balaban J connectivity index is 1.50. The van der Waals surface area contributed by atoms with Crippen LogP contribution in [0, 0.1) is 13.8 Å². The van der Waals surface area contributed by atoms with Crippen LogP contribution in [0.2, 0.25) is 0 Å². The molecule has 2 N–H and O–H groups in total. The molecule has 2 amide bonds. The van der Waals surface area contributed by atoms with Gasteiger partial charge >= 0.3 is 0 Å². The second kappa shape index (κ2) is 11.5. The first kappa shape index (κ1) is 24.2. The molecule has 0 radical (unpaired) electrons. The van der Waals surface area contributed by atoms with Gasteiger partial charge in [0.25, 0.3) is 0 Å². The van der Waals surface area contributed by atoms with E-state index in [9.17, 15) is 9.59 Å². The van der Waals surface area contributed by atoms with Crippen LogP contribution in [0.1, 0.15) is 66.9 Å². The SMILES string of the molecule is Cc1nn(CCC(=O)NC(C)c2ccccc2)c(C)c1CCC(=O)NC(C)c1ccccc1. The van der Waals surface area contributed by atoms with Crippen molar-refractivity contribution >= 4 is 11.8 Å². The Kier molecular flexibility index (Phi) is 8.41. The fraction of sp³-hybridized carbons (Fsp3) is 0.370. The lowest BCUT2D eigenvalue weighted by Crippen LogP contribution is -2.27. The molecule has 174 valence electrons. The van der Waals surface area contributed by atoms with E-state index in [1.54, 1.807) is 0 Å². The van der Waals surface area contributed by atoms with Gasteiger partial charge < -0.3 is 10.6 Å². The van der Waals surface area contributed by atoms with Gasteiger partial charge in [0.05, 0.1) is 17.8 Å². The third-order valence-electron chi connectivity index (χ3n) is 6.04. The normalized spacial score (nSPS) is 12.7. The molecule has 0 spiro atoms. The molecule has 33 heavy (non-hydrogen) atoms. The largest absolute Gasteiger partial charge is 0.350 e. The smallest absolute Gasteiger partial charge is 0.222 e. The molecule has 6 heteroatoms. The summed E-state index contributed by atoms with van der Waals surface area (Å²) in [5.74, 6) is 0.0157. The zero-order valence-electron chi connectivity index (χ0n) is 20.0. The van der Waals surface area contributed by atoms with E-state index in [0.717, 1.165) is 28.1 Å². The van der Waals surface area contributed by atoms with Gasteiger partial charge in [0, 0.05) is 25.1 Å². The number of amides is 2. The Hall–Kier alpha value is -3.41. The molecule has 2 aromatic carbocycles. The van der Waals surface area contributed by atoms with Gasteiger partial charge in [-0.15, -0.1) is 0 Å². The second-order valence-electron chi connectivity index (χ2n) is 8.52. The van der Waals surface area contributed by atoms with Crippen LogP contribution in [-0.2, 0) is 22.6 Å². The summed E-state index contributed by atoms with van der Waals surface area (Å²) in [5, 5.41) is 10.7. The van der Waals surface area contributed by atoms with Crippen LogP contribution in [0.5, 0.6) is 0 Å². The van der Waals surface area contributed by atoms with Gasteiger partial charge in [-0.3, -0.25) is 14.3 Å². The number of carbonyl (C=O) groups excluding carboxylic acids is 2. The van der Waals surface area contributed by atoms with Crippen molar-refractivity contribution in [3.05, 3.63) is 88.7 Å². The summed E-state index contributed by atoms with van der Waals surface area (Å²) < 4.78 is 1.88. The summed E-state index contributed by atoms with van der Waals surface area (Å²) in [7, 11) is 0. The van der Waals surface area contributed by atoms with Crippen LogP contribution in [0.4, 0.5) is 0 Å². The lowest BCUT2D eigenvalue weighted by molar-refractivity contribution is -0.122. The lowest BCUT2D eigenvalue weighted by atomic mass is 10.1. The van der Waals surface area contributed by atoms with Crippen LogP contribution < -0.4 is 10.6 Å². The van der Waals surface area contributed by atoms with E-state index in [0.29, 0.717) is 25.8 Å². The molecule has 0 saturated carbocycles. The number of carbonyl (C=O) groups is 2. The van der Waals surface area contributed by atoms with E-state index in [1.165, 1.54) is 0 Å². The van der Waals surface area contributed by atoms with Crippen molar-refractivity contribution in [3.8, 4) is 0 Å². The van der Waals surface area contributed by atoms with Crippen molar-refractivity contribution in [2.75, 3.05) is 0 Å². The molecular formula is C27H34N4O2. The quantitative estimate of drug-likeness (QED) is 0.479. The third-order valence-corrected chi connectivity index (χ3v) is 6.04. The van der Waals surface area contributed by atoms with Crippen LogP contribution >= 0.6 is 0 Å². The van der Waals surface area contributed by atoms with E-state index in [4.69, 9.17) is 0 Å². The summed E-state index contributed by atoms with van der Waals surface area (Å²) in [6.45, 7) is 8.45. The molecule has 3 rings (SSSR count). The first-order valence-corrected chi connectivity index (χ1v) is 11.6. The van der Waals surface area contributed by atoms with E-state index >= 15 is 0 Å². The predicted molar refractivity (Wildman–Crippen MR) is 131 cm³/mol. The van der Waals surface area contributed by atoms with Gasteiger partial charge in [-0.1, -0.05) is 60.7 Å². The van der Waals surface area contributed by atoms with Gasteiger partial charge in [-0.25, -0.2) is 0 Å². The van der Waals surface area contributed by atoms with E-state index in [-0.39, 0.29) is 23.9 Å². The van der Waals surface area contributed by atoms with Gasteiger partial charge in [-0.05, 0) is 50.8 Å². The summed E-state index contributed by atoms with van der Waals surface area (Å²) in [6.07, 6.45) is 1.38. The van der Waals surface area contributed by atoms with E-state index in [1.807, 2.05) is 93.0 Å². The molecule has 0 aliphatic heterocycles. The number of benzene rings is 2. The van der Waals surface area contributed by atoms with Crippen LogP contribution in [-0.4, -0.2) is 21.6 Å². The fourth-order valence-corrected chi connectivity index (χ4v) is 4.04. The molecular weight excluding hydrogens is 412 g/mol. The average molecular weight is 447 g/mol. The molecule has 2 atom stereocenters. The minimum atomic E-state index is -0.0356. The van der Waals surface area contributed by atoms with Crippen molar-refractivity contribution in [3.63, 3.8) is 0 Å². The van der Waals surface area contributed by atoms with Gasteiger partial charge in [0.2, 0.25) is 11.8 Å². The summed E-state index contributed by atoms with van der Waals surface area (Å²) in [5.41, 5.74) is 5.18. The van der Waals surface area contributed by atoms with Crippen LogP contribution in [0.25, 0.3) is 0 Å². The summed E-state index contributed by atoms with van der Waals surface area (Å²) in [4.78, 5) is 24.9. The summed E-state index contributed by atoms with van der Waals surface area (Å²) in [6, 6.07) is 19.8. The Labute approximate surface area is 196 Å². The predicted octanol–water partition coefficient (Wildman–Crippen LogP) is 4.58. The Bertz CT molecular complexity index is 1060. The highest BCUT2D eigenvalue weighted by Gasteiger charge is 2.16. The highest BCUT2D eigenvalue weighted by Crippen LogP contribution is 2.17. The molecule has 0 aliphatic rings. The molecule has 1 heterocycles. The van der Waals surface area contributed by atoms with Crippen LogP contribution in [0.3, 0.4) is 0 Å². The Morgan fingerprint density at radius 1 is 0.818 bits per heavy atom. The van der Waals surface area contributed by atoms with E-state index < -0.39 is 0 Å². The molecule has 0 saturated heterocycles. The maximum atomic E-state index is 12.5. The number of hydrogen-bond acceptors (Lipinski definition) is 3. The number of aryl methyl sites for hydroxylation is 2. The highest BCUT2D eigenvalue weighted by atomic mass is 16.2. The Morgan fingerprint density at radius 2 is 1.30 bits per heavy atom. The van der Waals surface area contributed by atoms with Crippen molar-refractivity contribution in [1.29, 1.82) is 0 Å². The standard InChI is InChI=1S/C27H34N4O2/c1-19(23-11-7-5-8-12-23)28-26(32)16-15-25-21(3)30-31(22(25)4)18-17-27(33)29-20(2)24-13-9-6-10-14-24/h5-14,19-20H,15-18H2,1-4H3,(H,28,32)(H,29,33). The summed E-state index contributed by atoms with van der Waals surface area (Å²) >= 11 is 0. The number of aromatic nitrogens is 2. The third kappa shape index (κ3) is 6.78. The van der Waals surface area contributed by atoms with Crippen molar-refractivity contribution < 1.29 is 9.59 Å². The number of nitrogens with zero attached hydrogens (tertiary/aromatic N) is 2. The maximum absolute atomic E-state index is 12.5. The van der Waals surface area contributed by atoms with Gasteiger partial charge in [-0.2, -0.15) is 5.10 Å². The molecule has 0 fully saturated rings. The minimum absolute atomic E-state index is 0.00488. The number of rotatable bonds is 10. The number of hydrogen-bond donors (Lipinski definition) is 2. The molecule has 6 nitrogen and oxygen atoms in total. The number of nitrogens with one attached hydrogen (secondary N) is 2. The molecule has 2 unspecified atom stereocenters. The van der Waals surface area contributed by atoms with Gasteiger partial charge in [0.15, 0.2) is 0 Å². The molecule has 1 aromatic heterocycles.